The molecule has 0 saturated heterocycles. The van der Waals surface area contributed by atoms with Gasteiger partial charge < -0.3 is 15.0 Å². The molecule has 7 heteroatoms. The molecule has 0 spiro atoms. The molecule has 2 aromatic heterocycles. The summed E-state index contributed by atoms with van der Waals surface area (Å²) in [7, 11) is 0. The van der Waals surface area contributed by atoms with E-state index in [0.29, 0.717) is 5.13 Å². The van der Waals surface area contributed by atoms with E-state index in [1.54, 1.807) is 12.5 Å². The molecule has 0 atom stereocenters. The van der Waals surface area contributed by atoms with Crippen molar-refractivity contribution in [3.63, 3.8) is 0 Å². The zero-order valence-corrected chi connectivity index (χ0v) is 9.85. The number of rotatable bonds is 6. The lowest BCUT2D eigenvalue weighted by molar-refractivity contribution is 0.0691. The Bertz CT molecular complexity index is 480. The summed E-state index contributed by atoms with van der Waals surface area (Å²) in [6, 6.07) is 0. The molecule has 2 rings (SSSR count). The van der Waals surface area contributed by atoms with Crippen molar-refractivity contribution in [1.29, 1.82) is 0 Å². The van der Waals surface area contributed by atoms with Gasteiger partial charge in [-0.15, -0.1) is 11.3 Å². The Labute approximate surface area is 102 Å². The monoisotopic (exact) mass is 252 g/mol. The van der Waals surface area contributed by atoms with Crippen LogP contribution in [0.1, 0.15) is 16.9 Å². The number of nitrogens with zero attached hydrogens (tertiary/aromatic N) is 3. The molecule has 0 aromatic carbocycles. The van der Waals surface area contributed by atoms with Crippen LogP contribution in [0.2, 0.25) is 0 Å². The second-order valence-electron chi connectivity index (χ2n) is 3.42. The molecule has 17 heavy (non-hydrogen) atoms. The summed E-state index contributed by atoms with van der Waals surface area (Å²) in [6.45, 7) is 1.63. The SMILES string of the molecule is O=C(O)c1csc(NCCCn2ccnc2)n1. The first-order valence-corrected chi connectivity index (χ1v) is 6.02. The average Bonchev–Trinajstić information content (AvgIpc) is 2.96. The molecule has 90 valence electrons. The van der Waals surface area contributed by atoms with E-state index < -0.39 is 5.97 Å². The Balaban J connectivity index is 1.72. The van der Waals surface area contributed by atoms with E-state index >= 15 is 0 Å². The molecular formula is C10H12N4O2S. The Morgan fingerprint density at radius 1 is 1.59 bits per heavy atom. The van der Waals surface area contributed by atoms with Crippen LogP contribution in [-0.4, -0.2) is 32.2 Å². The van der Waals surface area contributed by atoms with Crippen LogP contribution in [-0.2, 0) is 6.54 Å². The quantitative estimate of drug-likeness (QED) is 0.762. The number of carboxylic acids is 1. The van der Waals surface area contributed by atoms with E-state index in [0.717, 1.165) is 19.5 Å². The lowest BCUT2D eigenvalue weighted by atomic mass is 10.4. The fourth-order valence-corrected chi connectivity index (χ4v) is 2.04. The van der Waals surface area contributed by atoms with Gasteiger partial charge in [0.15, 0.2) is 10.8 Å². The molecule has 0 saturated carbocycles. The van der Waals surface area contributed by atoms with Crippen LogP contribution in [0.4, 0.5) is 5.13 Å². The predicted octanol–water partition coefficient (Wildman–Crippen LogP) is 1.54. The second-order valence-corrected chi connectivity index (χ2v) is 4.28. The predicted molar refractivity (Wildman–Crippen MR) is 64.4 cm³/mol. The maximum Gasteiger partial charge on any atom is 0.355 e. The minimum atomic E-state index is -0.993. The summed E-state index contributed by atoms with van der Waals surface area (Å²) in [5, 5.41) is 14.0. The fourth-order valence-electron chi connectivity index (χ4n) is 1.33. The lowest BCUT2D eigenvalue weighted by Gasteiger charge is -2.03. The molecule has 0 bridgehead atoms. The molecule has 0 unspecified atom stereocenters. The third-order valence-corrected chi connectivity index (χ3v) is 2.95. The van der Waals surface area contributed by atoms with E-state index in [9.17, 15) is 4.79 Å². The molecule has 0 amide bonds. The molecule has 2 aromatic rings. The summed E-state index contributed by atoms with van der Waals surface area (Å²) in [6.07, 6.45) is 6.35. The van der Waals surface area contributed by atoms with E-state index in [4.69, 9.17) is 5.11 Å². The van der Waals surface area contributed by atoms with Gasteiger partial charge in [-0.2, -0.15) is 0 Å². The molecule has 2 heterocycles. The van der Waals surface area contributed by atoms with Gasteiger partial charge in [-0.05, 0) is 6.42 Å². The van der Waals surface area contributed by atoms with Gasteiger partial charge in [0.05, 0.1) is 6.33 Å². The second kappa shape index (κ2) is 5.44. The van der Waals surface area contributed by atoms with Gasteiger partial charge in [0, 0.05) is 30.9 Å². The van der Waals surface area contributed by atoms with E-state index in [2.05, 4.69) is 15.3 Å². The van der Waals surface area contributed by atoms with Crippen molar-refractivity contribution in [2.75, 3.05) is 11.9 Å². The molecule has 0 fully saturated rings. The molecule has 2 N–H and O–H groups in total. The van der Waals surface area contributed by atoms with Gasteiger partial charge in [0.2, 0.25) is 0 Å². The van der Waals surface area contributed by atoms with Gasteiger partial charge >= 0.3 is 5.97 Å². The van der Waals surface area contributed by atoms with Crippen LogP contribution >= 0.6 is 11.3 Å². The normalized spacial score (nSPS) is 10.4. The van der Waals surface area contributed by atoms with Gasteiger partial charge in [-0.25, -0.2) is 14.8 Å². The number of aromatic nitrogens is 3. The number of hydrogen-bond acceptors (Lipinski definition) is 5. The van der Waals surface area contributed by atoms with Gasteiger partial charge in [0.25, 0.3) is 0 Å². The number of carbonyl (C=O) groups is 1. The largest absolute Gasteiger partial charge is 0.476 e. The molecule has 0 aliphatic carbocycles. The summed E-state index contributed by atoms with van der Waals surface area (Å²) < 4.78 is 1.99. The first kappa shape index (κ1) is 11.6. The number of anilines is 1. The zero-order valence-electron chi connectivity index (χ0n) is 9.04. The van der Waals surface area contributed by atoms with Crippen LogP contribution in [0.5, 0.6) is 0 Å². The van der Waals surface area contributed by atoms with Crippen molar-refractivity contribution < 1.29 is 9.90 Å². The summed E-state index contributed by atoms with van der Waals surface area (Å²) >= 11 is 1.30. The van der Waals surface area contributed by atoms with Crippen molar-refractivity contribution in [2.45, 2.75) is 13.0 Å². The molecule has 6 nitrogen and oxygen atoms in total. The Morgan fingerprint density at radius 2 is 2.47 bits per heavy atom. The zero-order chi connectivity index (χ0) is 12.1. The first-order valence-electron chi connectivity index (χ1n) is 5.14. The highest BCUT2D eigenvalue weighted by molar-refractivity contribution is 7.13. The van der Waals surface area contributed by atoms with E-state index in [1.165, 1.54) is 16.7 Å². The van der Waals surface area contributed by atoms with Crippen molar-refractivity contribution in [3.8, 4) is 0 Å². The summed E-state index contributed by atoms with van der Waals surface area (Å²) in [4.78, 5) is 18.5. The van der Waals surface area contributed by atoms with Crippen molar-refractivity contribution in [1.82, 2.24) is 14.5 Å². The third kappa shape index (κ3) is 3.28. The number of hydrogen-bond donors (Lipinski definition) is 2. The maximum atomic E-state index is 10.6. The number of thiazole rings is 1. The highest BCUT2D eigenvalue weighted by Crippen LogP contribution is 2.15. The Hall–Kier alpha value is -1.89. The lowest BCUT2D eigenvalue weighted by Crippen LogP contribution is -2.06. The topological polar surface area (TPSA) is 80.0 Å². The summed E-state index contributed by atoms with van der Waals surface area (Å²) in [5.74, 6) is -0.993. The third-order valence-electron chi connectivity index (χ3n) is 2.15. The Kier molecular flexibility index (Phi) is 3.71. The average molecular weight is 252 g/mol. The minimum absolute atomic E-state index is 0.0899. The number of carboxylic acid groups (broad SMARTS) is 1. The van der Waals surface area contributed by atoms with Gasteiger partial charge in [-0.1, -0.05) is 0 Å². The highest BCUT2D eigenvalue weighted by atomic mass is 32.1. The van der Waals surface area contributed by atoms with Crippen LogP contribution < -0.4 is 5.32 Å². The first-order chi connectivity index (χ1) is 8.25. The van der Waals surface area contributed by atoms with E-state index in [-0.39, 0.29) is 5.69 Å². The Morgan fingerprint density at radius 3 is 3.12 bits per heavy atom. The molecule has 0 radical (unpaired) electrons. The van der Waals surface area contributed by atoms with Gasteiger partial charge in [-0.3, -0.25) is 0 Å². The highest BCUT2D eigenvalue weighted by Gasteiger charge is 2.07. The van der Waals surface area contributed by atoms with Gasteiger partial charge in [0.1, 0.15) is 0 Å². The summed E-state index contributed by atoms with van der Waals surface area (Å²) in [5.41, 5.74) is 0.0899. The van der Waals surface area contributed by atoms with Crippen LogP contribution in [0.15, 0.2) is 24.1 Å². The standard InChI is InChI=1S/C10H12N4O2S/c15-9(16)8-6-17-10(13-8)12-2-1-4-14-5-3-11-7-14/h3,5-7H,1-2,4H2,(H,12,13)(H,15,16). The van der Waals surface area contributed by atoms with Crippen LogP contribution in [0, 0.1) is 0 Å². The molecular weight excluding hydrogens is 240 g/mol. The number of aromatic carboxylic acids is 1. The van der Waals surface area contributed by atoms with E-state index in [1.807, 2.05) is 10.8 Å². The molecule has 0 aliphatic heterocycles. The van der Waals surface area contributed by atoms with Crippen molar-refractivity contribution in [2.24, 2.45) is 0 Å². The minimum Gasteiger partial charge on any atom is -0.476 e. The smallest absolute Gasteiger partial charge is 0.355 e. The number of nitrogens with one attached hydrogen (secondary N) is 1. The maximum absolute atomic E-state index is 10.6. The number of imidazole rings is 1. The van der Waals surface area contributed by atoms with Crippen molar-refractivity contribution >= 4 is 22.4 Å². The number of aryl methyl sites for hydroxylation is 1. The van der Waals surface area contributed by atoms with Crippen LogP contribution in [0.3, 0.4) is 0 Å². The van der Waals surface area contributed by atoms with Crippen molar-refractivity contribution in [3.05, 3.63) is 29.8 Å². The fraction of sp³-hybridized carbons (Fsp3) is 0.300. The molecule has 0 aliphatic rings. The van der Waals surface area contributed by atoms with Crippen LogP contribution in [0.25, 0.3) is 0 Å².